The lowest BCUT2D eigenvalue weighted by Gasteiger charge is -2.01. The van der Waals surface area contributed by atoms with Gasteiger partial charge in [0.2, 0.25) is 0 Å². The Morgan fingerprint density at radius 2 is 2.36 bits per heavy atom. The summed E-state index contributed by atoms with van der Waals surface area (Å²) >= 11 is 0. The average molecular weight is 190 g/mol. The van der Waals surface area contributed by atoms with Crippen LogP contribution in [0.25, 0.3) is 0 Å². The topological polar surface area (TPSA) is 76.7 Å². The fraction of sp³-hybridized carbons (Fsp3) is 0.111. The number of anilines is 1. The maximum absolute atomic E-state index is 11.1. The molecule has 0 saturated carbocycles. The van der Waals surface area contributed by atoms with Gasteiger partial charge in [-0.2, -0.15) is 5.10 Å². The zero-order valence-electron chi connectivity index (χ0n) is 7.47. The molecule has 1 aromatic carbocycles. The number of aromatic nitrogens is 3. The Labute approximate surface area is 80.2 Å². The van der Waals surface area contributed by atoms with E-state index in [9.17, 15) is 4.79 Å². The van der Waals surface area contributed by atoms with Crippen LogP contribution in [-0.2, 0) is 6.54 Å². The van der Waals surface area contributed by atoms with E-state index in [1.165, 1.54) is 10.9 Å². The van der Waals surface area contributed by atoms with Crippen molar-refractivity contribution in [1.29, 1.82) is 0 Å². The molecule has 0 aliphatic heterocycles. The van der Waals surface area contributed by atoms with Gasteiger partial charge in [-0.3, -0.25) is 4.57 Å². The van der Waals surface area contributed by atoms with Gasteiger partial charge in [-0.1, -0.05) is 12.1 Å². The van der Waals surface area contributed by atoms with E-state index in [0.29, 0.717) is 12.2 Å². The summed E-state index contributed by atoms with van der Waals surface area (Å²) in [5, 5.41) is 5.96. The predicted molar refractivity (Wildman–Crippen MR) is 52.8 cm³/mol. The standard InChI is InChI=1S/C9H10N4O/c10-8-3-1-2-7(4-8)5-13-6-11-12-9(13)14/h1-4,6H,5,10H2,(H,12,14). The van der Waals surface area contributed by atoms with Gasteiger partial charge in [0.15, 0.2) is 0 Å². The van der Waals surface area contributed by atoms with Gasteiger partial charge in [0, 0.05) is 5.69 Å². The van der Waals surface area contributed by atoms with Crippen LogP contribution in [0.4, 0.5) is 5.69 Å². The smallest absolute Gasteiger partial charge is 0.343 e. The summed E-state index contributed by atoms with van der Waals surface area (Å²) in [6.45, 7) is 0.486. The van der Waals surface area contributed by atoms with Crippen molar-refractivity contribution in [2.24, 2.45) is 0 Å². The molecule has 0 bridgehead atoms. The summed E-state index contributed by atoms with van der Waals surface area (Å²) in [4.78, 5) is 11.1. The molecule has 14 heavy (non-hydrogen) atoms. The molecule has 0 radical (unpaired) electrons. The van der Waals surface area contributed by atoms with Crippen LogP contribution in [-0.4, -0.2) is 14.8 Å². The van der Waals surface area contributed by atoms with Crippen molar-refractivity contribution in [2.45, 2.75) is 6.54 Å². The van der Waals surface area contributed by atoms with Crippen molar-refractivity contribution in [3.63, 3.8) is 0 Å². The van der Waals surface area contributed by atoms with E-state index in [4.69, 9.17) is 5.73 Å². The number of benzene rings is 1. The highest BCUT2D eigenvalue weighted by molar-refractivity contribution is 5.40. The molecule has 2 aromatic rings. The molecule has 1 heterocycles. The van der Waals surface area contributed by atoms with Crippen LogP contribution in [0.3, 0.4) is 0 Å². The highest BCUT2D eigenvalue weighted by Crippen LogP contribution is 2.06. The lowest BCUT2D eigenvalue weighted by molar-refractivity contribution is 0.761. The number of nitrogens with zero attached hydrogens (tertiary/aromatic N) is 2. The minimum absolute atomic E-state index is 0.215. The van der Waals surface area contributed by atoms with Crippen molar-refractivity contribution >= 4 is 5.69 Å². The first-order valence-corrected chi connectivity index (χ1v) is 4.20. The fourth-order valence-electron chi connectivity index (χ4n) is 1.27. The molecule has 5 nitrogen and oxygen atoms in total. The van der Waals surface area contributed by atoms with Crippen LogP contribution in [0.2, 0.25) is 0 Å². The van der Waals surface area contributed by atoms with Crippen LogP contribution in [0, 0.1) is 0 Å². The first-order valence-electron chi connectivity index (χ1n) is 4.20. The highest BCUT2D eigenvalue weighted by Gasteiger charge is 1.98. The maximum Gasteiger partial charge on any atom is 0.343 e. The van der Waals surface area contributed by atoms with Gasteiger partial charge in [0.25, 0.3) is 0 Å². The Bertz CT molecular complexity index is 485. The summed E-state index contributed by atoms with van der Waals surface area (Å²) in [5.74, 6) is 0. The van der Waals surface area contributed by atoms with Crippen LogP contribution >= 0.6 is 0 Å². The van der Waals surface area contributed by atoms with Crippen LogP contribution < -0.4 is 11.4 Å². The third kappa shape index (κ3) is 1.66. The van der Waals surface area contributed by atoms with Crippen molar-refractivity contribution in [3.05, 3.63) is 46.6 Å². The normalized spacial score (nSPS) is 10.3. The van der Waals surface area contributed by atoms with E-state index in [1.54, 1.807) is 0 Å². The molecule has 0 aliphatic rings. The predicted octanol–water partition coefficient (Wildman–Crippen LogP) is 0.202. The summed E-state index contributed by atoms with van der Waals surface area (Å²) in [6, 6.07) is 7.41. The molecule has 2 rings (SSSR count). The monoisotopic (exact) mass is 190 g/mol. The quantitative estimate of drug-likeness (QED) is 0.664. The molecule has 3 N–H and O–H groups in total. The zero-order chi connectivity index (χ0) is 9.97. The second-order valence-corrected chi connectivity index (χ2v) is 3.03. The van der Waals surface area contributed by atoms with Gasteiger partial charge in [-0.15, -0.1) is 0 Å². The lowest BCUT2D eigenvalue weighted by atomic mass is 10.2. The Hall–Kier alpha value is -2.04. The number of H-pyrrole nitrogens is 1. The Morgan fingerprint density at radius 1 is 1.50 bits per heavy atom. The minimum atomic E-state index is -0.215. The van der Waals surface area contributed by atoms with Gasteiger partial charge >= 0.3 is 5.69 Å². The molecular formula is C9H10N4O. The van der Waals surface area contributed by atoms with E-state index in [2.05, 4.69) is 10.2 Å². The Kier molecular flexibility index (Phi) is 2.06. The summed E-state index contributed by atoms with van der Waals surface area (Å²) < 4.78 is 1.48. The van der Waals surface area contributed by atoms with E-state index in [1.807, 2.05) is 24.3 Å². The first kappa shape index (κ1) is 8.55. The fourth-order valence-corrected chi connectivity index (χ4v) is 1.27. The van der Waals surface area contributed by atoms with Crippen LogP contribution in [0.5, 0.6) is 0 Å². The number of rotatable bonds is 2. The summed E-state index contributed by atoms with van der Waals surface area (Å²) in [5.41, 5.74) is 7.07. The molecule has 0 saturated heterocycles. The van der Waals surface area contributed by atoms with Crippen LogP contribution in [0.15, 0.2) is 35.4 Å². The summed E-state index contributed by atoms with van der Waals surface area (Å²) in [6.07, 6.45) is 1.46. The van der Waals surface area contributed by atoms with Crippen LogP contribution in [0.1, 0.15) is 5.56 Å². The second kappa shape index (κ2) is 3.37. The molecule has 0 aliphatic carbocycles. The molecular weight excluding hydrogens is 180 g/mol. The van der Waals surface area contributed by atoms with Gasteiger partial charge in [-0.05, 0) is 17.7 Å². The van der Waals surface area contributed by atoms with Gasteiger partial charge in [0.05, 0.1) is 6.54 Å². The van der Waals surface area contributed by atoms with Gasteiger partial charge in [0.1, 0.15) is 6.33 Å². The molecule has 0 atom stereocenters. The number of nitrogens with two attached hydrogens (primary N) is 1. The Morgan fingerprint density at radius 3 is 3.00 bits per heavy atom. The van der Waals surface area contributed by atoms with Crippen molar-refractivity contribution < 1.29 is 0 Å². The third-order valence-electron chi connectivity index (χ3n) is 1.92. The molecule has 0 amide bonds. The van der Waals surface area contributed by atoms with Gasteiger partial charge in [-0.25, -0.2) is 9.89 Å². The number of hydrogen-bond donors (Lipinski definition) is 2. The highest BCUT2D eigenvalue weighted by atomic mass is 16.1. The van der Waals surface area contributed by atoms with Gasteiger partial charge < -0.3 is 5.73 Å². The van der Waals surface area contributed by atoms with Crippen molar-refractivity contribution in [2.75, 3.05) is 5.73 Å². The Balaban J connectivity index is 2.27. The average Bonchev–Trinajstić information content (AvgIpc) is 2.52. The molecule has 72 valence electrons. The molecule has 0 fully saturated rings. The number of nitrogen functional groups attached to an aromatic ring is 1. The van der Waals surface area contributed by atoms with E-state index in [0.717, 1.165) is 5.56 Å². The van der Waals surface area contributed by atoms with Crippen molar-refractivity contribution in [3.8, 4) is 0 Å². The SMILES string of the molecule is Nc1cccc(Cn2cn[nH]c2=O)c1. The lowest BCUT2D eigenvalue weighted by Crippen LogP contribution is -2.16. The third-order valence-corrected chi connectivity index (χ3v) is 1.92. The van der Waals surface area contributed by atoms with E-state index in [-0.39, 0.29) is 5.69 Å². The summed E-state index contributed by atoms with van der Waals surface area (Å²) in [7, 11) is 0. The van der Waals surface area contributed by atoms with E-state index >= 15 is 0 Å². The first-order chi connectivity index (χ1) is 6.75. The maximum atomic E-state index is 11.1. The second-order valence-electron chi connectivity index (χ2n) is 3.03. The minimum Gasteiger partial charge on any atom is -0.399 e. The largest absolute Gasteiger partial charge is 0.399 e. The molecule has 1 aromatic heterocycles. The number of hydrogen-bond acceptors (Lipinski definition) is 3. The van der Waals surface area contributed by atoms with E-state index < -0.39 is 0 Å². The number of aromatic amines is 1. The van der Waals surface area contributed by atoms with Crippen molar-refractivity contribution in [1.82, 2.24) is 14.8 Å². The zero-order valence-corrected chi connectivity index (χ0v) is 7.47. The molecule has 5 heteroatoms. The molecule has 0 spiro atoms. The number of nitrogens with one attached hydrogen (secondary N) is 1. The molecule has 0 unspecified atom stereocenters.